The predicted molar refractivity (Wildman–Crippen MR) is 466 cm³/mol. The molecule has 658 valence electrons. The second kappa shape index (κ2) is 44.5. The van der Waals surface area contributed by atoms with Crippen molar-refractivity contribution in [3.63, 3.8) is 0 Å². The topological polar surface area (TPSA) is 351 Å². The monoisotopic (exact) mass is 1660 g/mol. The number of pyridine rings is 7. The fraction of sp³-hybridized carbons (Fsp3) is 0.526. The summed E-state index contributed by atoms with van der Waals surface area (Å²) in [6.45, 7) is 67.4. The summed E-state index contributed by atoms with van der Waals surface area (Å²) in [6.07, 6.45) is 10.5. The first kappa shape index (κ1) is 103. The van der Waals surface area contributed by atoms with Crippen LogP contribution in [0.5, 0.6) is 92.5 Å². The Morgan fingerprint density at radius 2 is 0.739 bits per heavy atom. The third-order valence-electron chi connectivity index (χ3n) is 21.2. The maximum atomic E-state index is 10.1. The van der Waals surface area contributed by atoms with Gasteiger partial charge in [-0.15, -0.1) is 0 Å². The van der Waals surface area contributed by atoms with Gasteiger partial charge in [-0.3, -0.25) is 0 Å². The molecule has 1 aliphatic rings. The minimum atomic E-state index is -0.0721. The number of nitrogens with zero attached hydrogens (tertiary/aromatic N) is 8. The quantitative estimate of drug-likeness (QED) is 0.0243. The van der Waals surface area contributed by atoms with Gasteiger partial charge in [-0.1, -0.05) is 109 Å². The standard InChI is InChI=1S/C15H19NO2.C14H21NO2.6C11H17NO2/c1-9(2)12-7-5-6-11-8-13(17)15(18)16(10(3)4)14(11)12;1-9(2)15(10(3)4)7-11-5-13(16)14(17)6-12(11)8-15;1-7(2)9-5-12(8(3)4)6-10(13)11(9)14;1-7(2)9-5-10(13)11(14)6-12(9)8(3)4;1-7(2)9-5-10(13)11(14)12(6-9)8(3)4;1-7(2)10-11(14)9(13)5-6-12(10)8(3)4;1-7(2)9-5-6-12(8(3)4)11(14)10(9)13;1-7(2)9-5-6-10(13)11(14)12(9)8(3)4/h5-10,17H,1-4H3;5-6,9-10H,7-8H2,1-4H3,(H-,16,17);5-8,13H,1-4H3;5-8,14H,1-4H3;5-8,13H,1-4H3;5-8,14H,1-4H3;2*5-8,13H,1-4H3/p+8. The number of phenolic OH excluding ortho intramolecular Hbond substituents is 2. The van der Waals surface area contributed by atoms with Crippen LogP contribution in [0, 0.1) is 0 Å². The lowest BCUT2D eigenvalue weighted by Crippen LogP contribution is -2.53. The molecular weight excluding hydrogens is 1510 g/mol. The molecule has 1 aliphatic heterocycles. The average molecular weight is 1660 g/mol. The van der Waals surface area contributed by atoms with E-state index in [0.29, 0.717) is 35.8 Å². The minimum Gasteiger partial charge on any atom is -0.504 e. The van der Waals surface area contributed by atoms with Gasteiger partial charge in [0, 0.05) is 75.9 Å². The summed E-state index contributed by atoms with van der Waals surface area (Å²) in [5.74, 6) is 1.29. The van der Waals surface area contributed by atoms with Gasteiger partial charge in [-0.25, -0.2) is 0 Å². The molecular formula is C95H150N8O16+8. The van der Waals surface area contributed by atoms with E-state index in [9.17, 15) is 81.7 Å². The Hall–Kier alpha value is -10.5. The normalized spacial score (nSPS) is 12.3. The van der Waals surface area contributed by atoms with Gasteiger partial charge in [-0.05, 0) is 173 Å². The summed E-state index contributed by atoms with van der Waals surface area (Å²) in [5, 5.41) is 155. The highest BCUT2D eigenvalue weighted by molar-refractivity contribution is 5.81. The van der Waals surface area contributed by atoms with Crippen LogP contribution in [-0.4, -0.2) is 98.3 Å². The SMILES string of the molecule is CC(C)[N+]1(C(C)C)Cc2cc(O)c(O)cc2C1.CC(C)c1c(O)c(O)cc[n+]1C(C)C.CC(C)c1c[n+](C(C)C)cc(O)c1O.CC(C)c1cc(O)c(O)[n+](C(C)C)c1.CC(C)c1cc(O)c(O)c[n+]1C(C)C.CC(C)c1cc[n+](C(C)C)c(O)c1O.CC(C)c1ccc(O)c(O)[n+]1C(C)C.CC(C)c1cccc2cc(O)c(O)[n+](C(C)C)c12. The summed E-state index contributed by atoms with van der Waals surface area (Å²) < 4.78 is 13.7. The van der Waals surface area contributed by atoms with Gasteiger partial charge in [0.1, 0.15) is 13.1 Å². The highest BCUT2D eigenvalue weighted by Crippen LogP contribution is 2.42. The lowest BCUT2D eigenvalue weighted by molar-refractivity contribution is -0.985. The first-order valence-corrected chi connectivity index (χ1v) is 42.0. The molecule has 119 heavy (non-hydrogen) atoms. The van der Waals surface area contributed by atoms with Gasteiger partial charge in [0.25, 0.3) is 0 Å². The number of quaternary nitrogens is 1. The molecule has 8 heterocycles. The molecule has 9 aromatic rings. The van der Waals surface area contributed by atoms with Gasteiger partial charge in [0.05, 0.1) is 29.1 Å². The molecule has 0 saturated carbocycles. The van der Waals surface area contributed by atoms with Crippen molar-refractivity contribution in [3.8, 4) is 92.5 Å². The number of hydrogen-bond donors (Lipinski definition) is 16. The summed E-state index contributed by atoms with van der Waals surface area (Å²) in [6, 6.07) is 23.4. The van der Waals surface area contributed by atoms with Crippen molar-refractivity contribution in [1.29, 1.82) is 0 Å². The van der Waals surface area contributed by atoms with E-state index in [0.717, 1.165) is 62.2 Å². The predicted octanol–water partition coefficient (Wildman–Crippen LogP) is 18.5. The Morgan fingerprint density at radius 3 is 1.17 bits per heavy atom. The molecule has 0 aliphatic carbocycles. The van der Waals surface area contributed by atoms with Gasteiger partial charge in [0.2, 0.25) is 63.9 Å². The second-order valence-corrected chi connectivity index (χ2v) is 35.7. The minimum absolute atomic E-state index is 0.00287. The van der Waals surface area contributed by atoms with Crippen LogP contribution in [-0.2, 0) is 13.1 Å². The van der Waals surface area contributed by atoms with E-state index in [1.165, 1.54) is 28.8 Å². The van der Waals surface area contributed by atoms with Crippen molar-refractivity contribution in [2.24, 2.45) is 0 Å². The third kappa shape index (κ3) is 26.5. The molecule has 0 amide bonds. The van der Waals surface area contributed by atoms with E-state index in [1.54, 1.807) is 73.4 Å². The molecule has 0 fully saturated rings. The van der Waals surface area contributed by atoms with E-state index >= 15 is 0 Å². The average Bonchev–Trinajstić information content (AvgIpc) is 1.69. The molecule has 0 radical (unpaired) electrons. The van der Waals surface area contributed by atoms with Crippen LogP contribution in [0.25, 0.3) is 10.9 Å². The number of benzene rings is 2. The Balaban J connectivity index is 0.000000352. The summed E-state index contributed by atoms with van der Waals surface area (Å²) in [7, 11) is 0. The molecule has 16 N–H and O–H groups in total. The lowest BCUT2D eigenvalue weighted by Gasteiger charge is -2.42. The third-order valence-corrected chi connectivity index (χ3v) is 21.2. The fourth-order valence-electron chi connectivity index (χ4n) is 14.1. The smallest absolute Gasteiger partial charge is 0.409 e. The number of aromatic nitrogens is 7. The van der Waals surface area contributed by atoms with Crippen LogP contribution in [0.4, 0.5) is 0 Å². The zero-order valence-electron chi connectivity index (χ0n) is 77.3. The fourth-order valence-corrected chi connectivity index (χ4v) is 14.1. The van der Waals surface area contributed by atoms with Crippen molar-refractivity contribution in [1.82, 2.24) is 0 Å². The number of fused-ring (bicyclic) bond motifs is 2. The Labute approximate surface area is 708 Å². The Morgan fingerprint density at radius 1 is 0.277 bits per heavy atom. The molecule has 0 bridgehead atoms. The molecule has 7 aromatic heterocycles. The largest absolute Gasteiger partial charge is 0.504 e. The van der Waals surface area contributed by atoms with Crippen LogP contribution in [0.3, 0.4) is 0 Å². The molecule has 0 unspecified atom stereocenters. The zero-order valence-corrected chi connectivity index (χ0v) is 77.3. The van der Waals surface area contributed by atoms with Gasteiger partial charge < -0.3 is 86.2 Å². The van der Waals surface area contributed by atoms with Crippen molar-refractivity contribution >= 4 is 10.9 Å². The van der Waals surface area contributed by atoms with Crippen molar-refractivity contribution in [3.05, 3.63) is 160 Å². The van der Waals surface area contributed by atoms with Gasteiger partial charge in [0.15, 0.2) is 107 Å². The summed E-state index contributed by atoms with van der Waals surface area (Å²) in [5.41, 5.74) is 9.91. The van der Waals surface area contributed by atoms with Crippen LogP contribution >= 0.6 is 0 Å². The first-order chi connectivity index (χ1) is 54.9. The maximum Gasteiger partial charge on any atom is 0.409 e. The molecule has 0 atom stereocenters. The van der Waals surface area contributed by atoms with E-state index in [2.05, 4.69) is 89.2 Å². The molecule has 24 heteroatoms. The van der Waals surface area contributed by atoms with E-state index < -0.39 is 0 Å². The van der Waals surface area contributed by atoms with Crippen LogP contribution in [0.1, 0.15) is 356 Å². The lowest BCUT2D eigenvalue weighted by atomic mass is 9.99. The van der Waals surface area contributed by atoms with Crippen LogP contribution in [0.2, 0.25) is 0 Å². The van der Waals surface area contributed by atoms with Crippen molar-refractivity contribution in [2.75, 3.05) is 0 Å². The van der Waals surface area contributed by atoms with E-state index in [1.807, 2.05) is 189 Å². The van der Waals surface area contributed by atoms with Crippen LogP contribution in [0.15, 0.2) is 110 Å². The number of aromatic hydroxyl groups is 16. The number of rotatable bonds is 16. The highest BCUT2D eigenvalue weighted by atomic mass is 16.3. The zero-order chi connectivity index (χ0) is 91.5. The highest BCUT2D eigenvalue weighted by Gasteiger charge is 2.42. The van der Waals surface area contributed by atoms with Crippen molar-refractivity contribution < 1.29 is 118 Å². The molecule has 24 nitrogen and oxygen atoms in total. The number of hydrogen-bond acceptors (Lipinski definition) is 16. The van der Waals surface area contributed by atoms with E-state index in [-0.39, 0.29) is 153 Å². The molecule has 2 aromatic carbocycles. The van der Waals surface area contributed by atoms with Gasteiger partial charge in [-0.2, -0.15) is 32.0 Å². The summed E-state index contributed by atoms with van der Waals surface area (Å²) >= 11 is 0. The van der Waals surface area contributed by atoms with Gasteiger partial charge >= 0.3 is 23.5 Å². The molecule has 0 saturated heterocycles. The summed E-state index contributed by atoms with van der Waals surface area (Å²) in [4.78, 5) is 0. The van der Waals surface area contributed by atoms with E-state index in [4.69, 9.17) is 0 Å². The second-order valence-electron chi connectivity index (χ2n) is 35.7. The Kier molecular flexibility index (Phi) is 38.4. The molecule has 10 rings (SSSR count). The molecule has 0 spiro atoms. The number of para-hydroxylation sites is 1. The van der Waals surface area contributed by atoms with Crippen LogP contribution < -0.4 is 32.0 Å². The Bertz CT molecular complexity index is 4540. The number of phenols is 2. The van der Waals surface area contributed by atoms with Crippen molar-refractivity contribution in [2.45, 2.75) is 330 Å². The maximum absolute atomic E-state index is 10.1. The first-order valence-electron chi connectivity index (χ1n) is 42.0.